The fourth-order valence-corrected chi connectivity index (χ4v) is 1.32. The molecule has 0 aliphatic heterocycles. The van der Waals surface area contributed by atoms with Crippen LogP contribution in [0.15, 0.2) is 30.7 Å². The number of aromatic nitrogens is 3. The summed E-state index contributed by atoms with van der Waals surface area (Å²) >= 11 is 0. The Morgan fingerprint density at radius 2 is 2.13 bits per heavy atom. The molecule has 0 spiro atoms. The maximum absolute atomic E-state index is 5.94. The Morgan fingerprint density at radius 1 is 1.33 bits per heavy atom. The van der Waals surface area contributed by atoms with Crippen LogP contribution in [-0.4, -0.2) is 15.0 Å². The Kier molecular flexibility index (Phi) is 2.28. The molecule has 2 aromatic rings. The van der Waals surface area contributed by atoms with E-state index >= 15 is 0 Å². The lowest BCUT2D eigenvalue weighted by atomic mass is 10.1. The summed E-state index contributed by atoms with van der Waals surface area (Å²) in [7, 11) is 0. The topological polar surface area (TPSA) is 67.6 Å². The van der Waals surface area contributed by atoms with Crippen LogP contribution in [0.3, 0.4) is 0 Å². The summed E-state index contributed by atoms with van der Waals surface area (Å²) in [5.74, 6) is 0.779. The van der Waals surface area contributed by atoms with Crippen molar-refractivity contribution in [1.29, 1.82) is 0 Å². The lowest BCUT2D eigenvalue weighted by Gasteiger charge is -2.14. The summed E-state index contributed by atoms with van der Waals surface area (Å²) in [5, 5.41) is 0. The third kappa shape index (κ3) is 2.05. The summed E-state index contributed by atoms with van der Waals surface area (Å²) in [6.07, 6.45) is 5.31. The van der Waals surface area contributed by atoms with Gasteiger partial charge >= 0.3 is 0 Å². The predicted octanol–water partition coefficient (Wildman–Crippen LogP) is 1.67. The molecule has 0 aliphatic rings. The van der Waals surface area contributed by atoms with Crippen LogP contribution >= 0.6 is 0 Å². The molecule has 0 saturated heterocycles. The van der Waals surface area contributed by atoms with E-state index in [1.807, 2.05) is 26.0 Å². The van der Waals surface area contributed by atoms with Crippen molar-refractivity contribution in [2.75, 3.05) is 0 Å². The fourth-order valence-electron chi connectivity index (χ4n) is 1.32. The highest BCUT2D eigenvalue weighted by atomic mass is 15.0. The largest absolute Gasteiger partial charge is 0.340 e. The zero-order valence-corrected chi connectivity index (χ0v) is 8.86. The maximum atomic E-state index is 5.94. The first kappa shape index (κ1) is 9.86. The van der Waals surface area contributed by atoms with Crippen molar-refractivity contribution in [1.82, 2.24) is 15.0 Å². The van der Waals surface area contributed by atoms with Gasteiger partial charge in [-0.15, -0.1) is 0 Å². The highest BCUT2D eigenvalue weighted by molar-refractivity contribution is 5.56. The lowest BCUT2D eigenvalue weighted by Crippen LogP contribution is -2.30. The molecule has 2 aromatic heterocycles. The Bertz CT molecular complexity index is 439. The second-order valence-corrected chi connectivity index (χ2v) is 4.11. The van der Waals surface area contributed by atoms with Gasteiger partial charge in [-0.25, -0.2) is 4.98 Å². The number of nitrogens with one attached hydrogen (secondary N) is 1. The van der Waals surface area contributed by atoms with Gasteiger partial charge in [0, 0.05) is 18.0 Å². The standard InChI is InChI=1S/C11H14N4/c1-11(2,12)10-14-7-9(15-10)8-4-3-5-13-6-8/h3-7H,12H2,1-2H3,(H,14,15). The van der Waals surface area contributed by atoms with Gasteiger partial charge in [-0.1, -0.05) is 0 Å². The molecule has 4 heteroatoms. The lowest BCUT2D eigenvalue weighted by molar-refractivity contribution is 0.520. The first-order valence-electron chi connectivity index (χ1n) is 4.82. The number of nitrogens with zero attached hydrogens (tertiary/aromatic N) is 2. The summed E-state index contributed by atoms with van der Waals surface area (Å²) < 4.78 is 0. The molecule has 2 heterocycles. The van der Waals surface area contributed by atoms with Gasteiger partial charge in [-0.05, 0) is 26.0 Å². The minimum Gasteiger partial charge on any atom is -0.340 e. The minimum absolute atomic E-state index is 0.444. The number of hydrogen-bond donors (Lipinski definition) is 2. The third-order valence-electron chi connectivity index (χ3n) is 2.16. The van der Waals surface area contributed by atoms with Gasteiger partial charge in [0.05, 0.1) is 17.4 Å². The van der Waals surface area contributed by atoms with E-state index < -0.39 is 5.54 Å². The first-order chi connectivity index (χ1) is 7.07. The summed E-state index contributed by atoms with van der Waals surface area (Å²) in [6.45, 7) is 3.83. The number of rotatable bonds is 2. The van der Waals surface area contributed by atoms with Gasteiger partial charge in [-0.2, -0.15) is 0 Å². The van der Waals surface area contributed by atoms with Crippen molar-refractivity contribution < 1.29 is 0 Å². The van der Waals surface area contributed by atoms with Gasteiger partial charge in [0.1, 0.15) is 5.82 Å². The van der Waals surface area contributed by atoms with Crippen LogP contribution in [-0.2, 0) is 5.54 Å². The molecule has 0 aromatic carbocycles. The molecule has 0 fully saturated rings. The number of aromatic amines is 1. The molecular formula is C11H14N4. The molecular weight excluding hydrogens is 188 g/mol. The van der Waals surface area contributed by atoms with Crippen molar-refractivity contribution in [3.05, 3.63) is 36.5 Å². The highest BCUT2D eigenvalue weighted by Crippen LogP contribution is 2.19. The van der Waals surface area contributed by atoms with Crippen LogP contribution in [0.2, 0.25) is 0 Å². The van der Waals surface area contributed by atoms with E-state index in [0.717, 1.165) is 17.1 Å². The Morgan fingerprint density at radius 3 is 2.67 bits per heavy atom. The summed E-state index contributed by atoms with van der Waals surface area (Å²) in [6, 6.07) is 3.87. The molecule has 0 saturated carbocycles. The SMILES string of the molecule is CC(C)(N)c1ncc(-c2cccnc2)[nH]1. The van der Waals surface area contributed by atoms with Gasteiger partial charge in [0.15, 0.2) is 0 Å². The number of nitrogens with two attached hydrogens (primary N) is 1. The van der Waals surface area contributed by atoms with Crippen LogP contribution in [0, 0.1) is 0 Å². The monoisotopic (exact) mass is 202 g/mol. The van der Waals surface area contributed by atoms with Crippen molar-refractivity contribution in [2.45, 2.75) is 19.4 Å². The van der Waals surface area contributed by atoms with Crippen molar-refractivity contribution in [3.8, 4) is 11.3 Å². The minimum atomic E-state index is -0.444. The number of H-pyrrole nitrogens is 1. The summed E-state index contributed by atoms with van der Waals surface area (Å²) in [4.78, 5) is 11.5. The van der Waals surface area contributed by atoms with Crippen molar-refractivity contribution >= 4 is 0 Å². The van der Waals surface area contributed by atoms with Gasteiger partial charge in [-0.3, -0.25) is 4.98 Å². The van der Waals surface area contributed by atoms with E-state index in [-0.39, 0.29) is 0 Å². The number of hydrogen-bond acceptors (Lipinski definition) is 3. The van der Waals surface area contributed by atoms with Crippen LogP contribution in [0.4, 0.5) is 0 Å². The Labute approximate surface area is 88.6 Å². The second kappa shape index (κ2) is 3.47. The van der Waals surface area contributed by atoms with Crippen molar-refractivity contribution in [2.24, 2.45) is 5.73 Å². The van der Waals surface area contributed by atoms with E-state index in [9.17, 15) is 0 Å². The first-order valence-corrected chi connectivity index (χ1v) is 4.82. The van der Waals surface area contributed by atoms with Gasteiger partial charge < -0.3 is 10.7 Å². The smallest absolute Gasteiger partial charge is 0.126 e. The molecule has 15 heavy (non-hydrogen) atoms. The molecule has 0 unspecified atom stereocenters. The van der Waals surface area contributed by atoms with E-state index in [1.165, 1.54) is 0 Å². The average molecular weight is 202 g/mol. The maximum Gasteiger partial charge on any atom is 0.126 e. The number of imidazole rings is 1. The highest BCUT2D eigenvalue weighted by Gasteiger charge is 2.18. The Balaban J connectivity index is 2.37. The Hall–Kier alpha value is -1.68. The molecule has 0 bridgehead atoms. The quantitative estimate of drug-likeness (QED) is 0.778. The predicted molar refractivity (Wildman–Crippen MR) is 59.0 cm³/mol. The van der Waals surface area contributed by atoms with Crippen LogP contribution < -0.4 is 5.73 Å². The average Bonchev–Trinajstić information content (AvgIpc) is 2.67. The van der Waals surface area contributed by atoms with Crippen molar-refractivity contribution in [3.63, 3.8) is 0 Å². The van der Waals surface area contributed by atoms with Crippen LogP contribution in [0.5, 0.6) is 0 Å². The fraction of sp³-hybridized carbons (Fsp3) is 0.273. The van der Waals surface area contributed by atoms with E-state index in [0.29, 0.717) is 0 Å². The van der Waals surface area contributed by atoms with E-state index in [2.05, 4.69) is 15.0 Å². The van der Waals surface area contributed by atoms with E-state index in [1.54, 1.807) is 18.6 Å². The van der Waals surface area contributed by atoms with E-state index in [4.69, 9.17) is 5.73 Å². The molecule has 3 N–H and O–H groups in total. The molecule has 2 rings (SSSR count). The molecule has 0 amide bonds. The zero-order chi connectivity index (χ0) is 10.9. The van der Waals surface area contributed by atoms with Crippen LogP contribution in [0.25, 0.3) is 11.3 Å². The normalized spacial score (nSPS) is 11.7. The third-order valence-corrected chi connectivity index (χ3v) is 2.16. The molecule has 0 aliphatic carbocycles. The number of pyridine rings is 1. The second-order valence-electron chi connectivity index (χ2n) is 4.11. The zero-order valence-electron chi connectivity index (χ0n) is 8.86. The summed E-state index contributed by atoms with van der Waals surface area (Å²) in [5.41, 5.74) is 7.45. The van der Waals surface area contributed by atoms with Crippen LogP contribution in [0.1, 0.15) is 19.7 Å². The molecule has 4 nitrogen and oxygen atoms in total. The molecule has 78 valence electrons. The molecule has 0 atom stereocenters. The van der Waals surface area contributed by atoms with Gasteiger partial charge in [0.25, 0.3) is 0 Å². The van der Waals surface area contributed by atoms with Gasteiger partial charge in [0.2, 0.25) is 0 Å². The molecule has 0 radical (unpaired) electrons.